The number of carbonyl (C=O) groups excluding carboxylic acids is 2. The minimum atomic E-state index is -0.511. The molecule has 0 spiro atoms. The topological polar surface area (TPSA) is 93.8 Å². The molecule has 0 radical (unpaired) electrons. The predicted octanol–water partition coefficient (Wildman–Crippen LogP) is 1.14. The van der Waals surface area contributed by atoms with Gasteiger partial charge in [0.15, 0.2) is 5.58 Å². The van der Waals surface area contributed by atoms with Gasteiger partial charge in [-0.1, -0.05) is 0 Å². The number of carbonyl (C=O) groups is 2. The summed E-state index contributed by atoms with van der Waals surface area (Å²) in [6, 6.07) is 3.27. The molecular weight excluding hydrogens is 304 g/mol. The first-order valence-electron chi connectivity index (χ1n) is 7.36. The summed E-state index contributed by atoms with van der Waals surface area (Å²) >= 11 is 0. The zero-order chi connectivity index (χ0) is 16.2. The molecule has 2 unspecified atom stereocenters. The van der Waals surface area contributed by atoms with Crippen molar-refractivity contribution in [2.24, 2.45) is 0 Å². The van der Waals surface area contributed by atoms with E-state index in [4.69, 9.17) is 13.9 Å². The summed E-state index contributed by atoms with van der Waals surface area (Å²) in [5.41, 5.74) is 1.64. The highest BCUT2D eigenvalue weighted by Crippen LogP contribution is 2.22. The first-order valence-corrected chi connectivity index (χ1v) is 7.36. The van der Waals surface area contributed by atoms with Crippen LogP contribution in [-0.4, -0.2) is 61.0 Å². The van der Waals surface area contributed by atoms with Gasteiger partial charge in [-0.2, -0.15) is 0 Å². The Balaban J connectivity index is 0.000000213. The quantitative estimate of drug-likeness (QED) is 0.512. The van der Waals surface area contributed by atoms with Crippen molar-refractivity contribution in [1.29, 1.82) is 0 Å². The second-order valence-corrected chi connectivity index (χ2v) is 5.18. The van der Waals surface area contributed by atoms with Gasteiger partial charge in [0.2, 0.25) is 0 Å². The summed E-state index contributed by atoms with van der Waals surface area (Å²) in [4.78, 5) is 27.1. The molecular formula is C15H18N2O6. The number of esters is 2. The summed E-state index contributed by atoms with van der Waals surface area (Å²) in [5.74, 6) is -0.915. The van der Waals surface area contributed by atoms with Gasteiger partial charge in [0, 0.05) is 32.1 Å². The molecule has 0 amide bonds. The van der Waals surface area contributed by atoms with Crippen molar-refractivity contribution in [2.45, 2.75) is 13.2 Å². The molecule has 4 rings (SSSR count). The lowest BCUT2D eigenvalue weighted by Gasteiger charge is -2.03. The van der Waals surface area contributed by atoms with E-state index in [1.165, 1.54) is 26.3 Å². The first kappa shape index (κ1) is 15.6. The molecule has 8 heteroatoms. The van der Waals surface area contributed by atoms with Crippen LogP contribution in [0.25, 0.3) is 11.1 Å². The number of furan rings is 1. The van der Waals surface area contributed by atoms with Gasteiger partial charge in [-0.15, -0.1) is 0 Å². The molecule has 0 bridgehead atoms. The zero-order valence-electron chi connectivity index (χ0n) is 12.7. The molecule has 124 valence electrons. The third-order valence-corrected chi connectivity index (χ3v) is 3.43. The monoisotopic (exact) mass is 322 g/mol. The molecule has 23 heavy (non-hydrogen) atoms. The molecule has 2 saturated heterocycles. The Kier molecular flexibility index (Phi) is 4.63. The van der Waals surface area contributed by atoms with E-state index in [1.807, 2.05) is 0 Å². The van der Waals surface area contributed by atoms with Crippen molar-refractivity contribution in [2.75, 3.05) is 32.9 Å². The number of morpholine rings is 1. The molecule has 2 aromatic heterocycles. The lowest BCUT2D eigenvalue weighted by molar-refractivity contribution is -0.142. The number of hydrogen-bond donors (Lipinski definition) is 1. The molecule has 2 fully saturated rings. The van der Waals surface area contributed by atoms with Crippen molar-refractivity contribution in [3.63, 3.8) is 0 Å². The van der Waals surface area contributed by atoms with E-state index in [-0.39, 0.29) is 13.2 Å². The van der Waals surface area contributed by atoms with E-state index < -0.39 is 11.9 Å². The highest BCUT2D eigenvalue weighted by molar-refractivity contribution is 5.93. The molecule has 2 aliphatic rings. The maximum Gasteiger partial charge on any atom is 0.355 e. The number of rotatable bonds is 4. The average molecular weight is 322 g/mol. The number of nitrogens with zero attached hydrogens (tertiary/aromatic N) is 1. The molecule has 0 saturated carbocycles. The van der Waals surface area contributed by atoms with Gasteiger partial charge >= 0.3 is 11.9 Å². The van der Waals surface area contributed by atoms with Gasteiger partial charge in [0.05, 0.1) is 18.4 Å². The SMILES string of the molecule is C1CN2CC2O1.CC(=O)OCCOC(=O)c1cc2occc2[nH]1. The largest absolute Gasteiger partial charge is 0.463 e. The molecule has 8 nitrogen and oxygen atoms in total. The third kappa shape index (κ3) is 4.11. The Bertz CT molecular complexity index is 655. The zero-order valence-corrected chi connectivity index (χ0v) is 12.7. The predicted molar refractivity (Wildman–Crippen MR) is 78.8 cm³/mol. The van der Waals surface area contributed by atoms with Crippen LogP contribution in [0.5, 0.6) is 0 Å². The second kappa shape index (κ2) is 6.84. The van der Waals surface area contributed by atoms with Crippen LogP contribution in [0.1, 0.15) is 17.4 Å². The lowest BCUT2D eigenvalue weighted by atomic mass is 10.4. The smallest absolute Gasteiger partial charge is 0.355 e. The number of hydrogen-bond acceptors (Lipinski definition) is 7. The van der Waals surface area contributed by atoms with Gasteiger partial charge in [-0.25, -0.2) is 4.79 Å². The maximum atomic E-state index is 11.5. The van der Waals surface area contributed by atoms with Crippen LogP contribution in [0.2, 0.25) is 0 Å². The van der Waals surface area contributed by atoms with Gasteiger partial charge in [-0.3, -0.25) is 9.69 Å². The molecule has 0 aliphatic carbocycles. The van der Waals surface area contributed by atoms with Crippen LogP contribution in [0, 0.1) is 0 Å². The fraction of sp³-hybridized carbons (Fsp3) is 0.467. The van der Waals surface area contributed by atoms with Crippen LogP contribution in [0.4, 0.5) is 0 Å². The van der Waals surface area contributed by atoms with Crippen LogP contribution >= 0.6 is 0 Å². The van der Waals surface area contributed by atoms with Crippen molar-refractivity contribution in [1.82, 2.24) is 9.88 Å². The summed E-state index contributed by atoms with van der Waals surface area (Å²) in [7, 11) is 0. The first-order chi connectivity index (χ1) is 11.1. The molecule has 2 atom stereocenters. The van der Waals surface area contributed by atoms with Crippen LogP contribution in [-0.2, 0) is 19.0 Å². The Hall–Kier alpha value is -2.32. The number of nitrogens with one attached hydrogen (secondary N) is 1. The standard InChI is InChI=1S/C11H11NO5.C4H7NO/c1-7(13)15-4-5-17-11(14)9-6-10-8(12-9)2-3-16-10;1-2-6-4-3-5(1)4/h2-3,6,12H,4-5H2,1H3;4H,1-3H2. The van der Waals surface area contributed by atoms with E-state index in [0.29, 0.717) is 17.5 Å². The third-order valence-electron chi connectivity index (χ3n) is 3.43. The van der Waals surface area contributed by atoms with Crippen molar-refractivity contribution < 1.29 is 28.2 Å². The molecule has 2 aliphatic heterocycles. The van der Waals surface area contributed by atoms with Crippen LogP contribution in [0.15, 0.2) is 22.8 Å². The minimum Gasteiger partial charge on any atom is -0.463 e. The Morgan fingerprint density at radius 3 is 2.78 bits per heavy atom. The number of H-pyrrole nitrogens is 1. The number of aromatic nitrogens is 1. The van der Waals surface area contributed by atoms with E-state index >= 15 is 0 Å². The molecule has 1 N–H and O–H groups in total. The summed E-state index contributed by atoms with van der Waals surface area (Å²) < 4.78 is 19.8. The Morgan fingerprint density at radius 1 is 1.39 bits per heavy atom. The van der Waals surface area contributed by atoms with Gasteiger partial charge < -0.3 is 23.6 Å². The lowest BCUT2D eigenvalue weighted by Crippen LogP contribution is -2.12. The number of fused-ring (bicyclic) bond motifs is 2. The molecule has 2 aromatic rings. The van der Waals surface area contributed by atoms with E-state index in [9.17, 15) is 9.59 Å². The highest BCUT2D eigenvalue weighted by atomic mass is 16.6. The Morgan fingerprint density at radius 2 is 2.22 bits per heavy atom. The summed E-state index contributed by atoms with van der Waals surface area (Å²) in [6.45, 7) is 4.70. The number of ether oxygens (including phenoxy) is 3. The number of aromatic amines is 1. The minimum absolute atomic E-state index is 0.0266. The van der Waals surface area contributed by atoms with Crippen LogP contribution in [0.3, 0.4) is 0 Å². The molecule has 0 aromatic carbocycles. The van der Waals surface area contributed by atoms with E-state index in [2.05, 4.69) is 14.6 Å². The van der Waals surface area contributed by atoms with Crippen molar-refractivity contribution in [3.05, 3.63) is 24.1 Å². The van der Waals surface area contributed by atoms with E-state index in [0.717, 1.165) is 12.1 Å². The van der Waals surface area contributed by atoms with Crippen molar-refractivity contribution >= 4 is 23.0 Å². The fourth-order valence-corrected chi connectivity index (χ4v) is 2.21. The fourth-order valence-electron chi connectivity index (χ4n) is 2.21. The normalized spacial score (nSPS) is 21.3. The van der Waals surface area contributed by atoms with Gasteiger partial charge in [0.25, 0.3) is 0 Å². The summed E-state index contributed by atoms with van der Waals surface area (Å²) in [5, 5.41) is 0. The summed E-state index contributed by atoms with van der Waals surface area (Å²) in [6.07, 6.45) is 2.07. The van der Waals surface area contributed by atoms with Crippen molar-refractivity contribution in [3.8, 4) is 0 Å². The molecule has 4 heterocycles. The highest BCUT2D eigenvalue weighted by Gasteiger charge is 2.39. The average Bonchev–Trinajstić information content (AvgIpc) is 2.90. The van der Waals surface area contributed by atoms with Gasteiger partial charge in [0.1, 0.15) is 25.1 Å². The maximum absolute atomic E-state index is 11.5. The Labute approximate surface area is 132 Å². The van der Waals surface area contributed by atoms with Gasteiger partial charge in [-0.05, 0) is 0 Å². The van der Waals surface area contributed by atoms with Crippen LogP contribution < -0.4 is 0 Å². The van der Waals surface area contributed by atoms with E-state index in [1.54, 1.807) is 12.1 Å². The second-order valence-electron chi connectivity index (χ2n) is 5.18.